The first-order valence-corrected chi connectivity index (χ1v) is 22.1. The largest absolute Gasteiger partial charge is 0.335 e. The van der Waals surface area contributed by atoms with Crippen molar-refractivity contribution in [3.8, 4) is 0 Å². The lowest BCUT2D eigenvalue weighted by Crippen LogP contribution is -2.64. The van der Waals surface area contributed by atoms with Gasteiger partial charge in [0.2, 0.25) is 0 Å². The summed E-state index contributed by atoms with van der Waals surface area (Å²) >= 11 is 0. The van der Waals surface area contributed by atoms with Crippen LogP contribution in [0.1, 0.15) is 114 Å². The van der Waals surface area contributed by atoms with Gasteiger partial charge in [0.05, 0.1) is 11.2 Å². The standard InChI is InChI=1S/C55H60BN3/c1-35-29-42-51-44(30-35)56-43-26-25-39(53(7,8)9)32-47(43)57(40-22-18-21-38(31-40)52(4,5)6)48-33-41(34-49(50(48)56)59(51)55(11)28-17-16-27-54(42,55)10)58(45-23-14-12-19-36(45)2)46-24-15-13-20-37(46)3/h12-15,18-26,29-34H,16-17,27-28H2,1-11H3. The number of rotatable bonds is 4. The van der Waals surface area contributed by atoms with E-state index in [9.17, 15) is 0 Å². The van der Waals surface area contributed by atoms with Crippen LogP contribution < -0.4 is 31.1 Å². The number of nitrogens with zero attached hydrogens (tertiary/aromatic N) is 3. The molecule has 0 radical (unpaired) electrons. The molecule has 6 aromatic carbocycles. The highest BCUT2D eigenvalue weighted by molar-refractivity contribution is 7.00. The Hall–Kier alpha value is -5.22. The Kier molecular flexibility index (Phi) is 8.31. The minimum Gasteiger partial charge on any atom is -0.335 e. The zero-order valence-corrected chi connectivity index (χ0v) is 37.2. The summed E-state index contributed by atoms with van der Waals surface area (Å²) in [4.78, 5) is 8.07. The topological polar surface area (TPSA) is 9.72 Å². The second-order valence-corrected chi connectivity index (χ2v) is 20.8. The Balaban J connectivity index is 1.38. The van der Waals surface area contributed by atoms with Crippen molar-refractivity contribution in [2.75, 3.05) is 14.7 Å². The summed E-state index contributed by atoms with van der Waals surface area (Å²) in [6.07, 6.45) is 4.90. The Morgan fingerprint density at radius 1 is 0.593 bits per heavy atom. The molecule has 0 aromatic heterocycles. The van der Waals surface area contributed by atoms with Crippen LogP contribution in [0.3, 0.4) is 0 Å². The van der Waals surface area contributed by atoms with Gasteiger partial charge in [-0.3, -0.25) is 0 Å². The molecule has 2 atom stereocenters. The van der Waals surface area contributed by atoms with E-state index in [0.717, 1.165) is 0 Å². The molecule has 59 heavy (non-hydrogen) atoms. The van der Waals surface area contributed by atoms with Crippen LogP contribution in [0.4, 0.5) is 45.5 Å². The zero-order valence-electron chi connectivity index (χ0n) is 37.2. The monoisotopic (exact) mass is 773 g/mol. The minimum absolute atomic E-state index is 0.000612. The summed E-state index contributed by atoms with van der Waals surface area (Å²) in [6.45, 7) is 26.2. The van der Waals surface area contributed by atoms with E-state index in [1.807, 2.05) is 0 Å². The van der Waals surface area contributed by atoms with Crippen molar-refractivity contribution >= 4 is 68.6 Å². The molecule has 3 nitrogen and oxygen atoms in total. The minimum atomic E-state index is -0.0724. The Morgan fingerprint density at radius 2 is 1.22 bits per heavy atom. The zero-order chi connectivity index (χ0) is 41.4. The van der Waals surface area contributed by atoms with E-state index >= 15 is 0 Å². The predicted octanol–water partition coefficient (Wildman–Crippen LogP) is 13.0. The second-order valence-electron chi connectivity index (χ2n) is 20.8. The molecule has 298 valence electrons. The van der Waals surface area contributed by atoms with Gasteiger partial charge in [-0.1, -0.05) is 140 Å². The van der Waals surface area contributed by atoms with Gasteiger partial charge in [-0.2, -0.15) is 0 Å². The molecule has 0 spiro atoms. The van der Waals surface area contributed by atoms with Gasteiger partial charge in [0.15, 0.2) is 0 Å². The van der Waals surface area contributed by atoms with E-state index in [2.05, 4.69) is 206 Å². The maximum absolute atomic E-state index is 2.88. The lowest BCUT2D eigenvalue weighted by Gasteiger charge is -2.53. The van der Waals surface area contributed by atoms with E-state index in [0.29, 0.717) is 0 Å². The molecular weight excluding hydrogens is 713 g/mol. The predicted molar refractivity (Wildman–Crippen MR) is 255 cm³/mol. The third kappa shape index (κ3) is 5.47. The first-order chi connectivity index (χ1) is 28.0. The number of hydrogen-bond acceptors (Lipinski definition) is 3. The number of para-hydroxylation sites is 2. The van der Waals surface area contributed by atoms with Crippen molar-refractivity contribution < 1.29 is 0 Å². The molecule has 0 bridgehead atoms. The van der Waals surface area contributed by atoms with Crippen molar-refractivity contribution in [1.29, 1.82) is 0 Å². The first-order valence-electron chi connectivity index (χ1n) is 22.1. The van der Waals surface area contributed by atoms with E-state index in [1.165, 1.54) is 115 Å². The number of aryl methyl sites for hydroxylation is 3. The Morgan fingerprint density at radius 3 is 1.88 bits per heavy atom. The van der Waals surface area contributed by atoms with Crippen LogP contribution in [0.15, 0.2) is 115 Å². The van der Waals surface area contributed by atoms with Crippen molar-refractivity contribution in [2.45, 2.75) is 124 Å². The molecular formula is C55H60BN3. The highest BCUT2D eigenvalue weighted by atomic mass is 15.3. The smallest absolute Gasteiger partial charge is 0.252 e. The van der Waals surface area contributed by atoms with Gasteiger partial charge in [0.1, 0.15) is 0 Å². The van der Waals surface area contributed by atoms with Crippen LogP contribution in [-0.4, -0.2) is 12.3 Å². The molecule has 0 saturated heterocycles. The molecule has 4 heteroatoms. The molecule has 0 amide bonds. The van der Waals surface area contributed by atoms with E-state index in [1.54, 1.807) is 5.56 Å². The molecule has 1 fully saturated rings. The number of benzene rings is 6. The second kappa shape index (κ2) is 12.9. The molecule has 10 rings (SSSR count). The molecule has 1 aliphatic carbocycles. The normalized spacial score (nSPS) is 20.2. The highest BCUT2D eigenvalue weighted by Crippen LogP contribution is 2.62. The Labute approximate surface area is 354 Å². The van der Waals surface area contributed by atoms with Crippen LogP contribution in [0, 0.1) is 20.8 Å². The maximum atomic E-state index is 2.88. The number of anilines is 8. The molecule has 0 N–H and O–H groups in total. The summed E-state index contributed by atoms with van der Waals surface area (Å²) in [6, 6.07) is 44.9. The molecule has 1 saturated carbocycles. The molecule has 4 aliphatic rings. The lowest BCUT2D eigenvalue weighted by molar-refractivity contribution is 0.195. The number of hydrogen-bond donors (Lipinski definition) is 0. The van der Waals surface area contributed by atoms with Gasteiger partial charge in [0, 0.05) is 45.2 Å². The van der Waals surface area contributed by atoms with Crippen molar-refractivity contribution in [3.63, 3.8) is 0 Å². The maximum Gasteiger partial charge on any atom is 0.252 e. The van der Waals surface area contributed by atoms with Crippen molar-refractivity contribution in [1.82, 2.24) is 0 Å². The van der Waals surface area contributed by atoms with E-state index < -0.39 is 0 Å². The summed E-state index contributed by atoms with van der Waals surface area (Å²) in [5.41, 5.74) is 22.6. The average Bonchev–Trinajstić information content (AvgIpc) is 3.40. The average molecular weight is 774 g/mol. The fourth-order valence-corrected chi connectivity index (χ4v) is 11.5. The molecule has 3 heterocycles. The van der Waals surface area contributed by atoms with Crippen molar-refractivity contribution in [2.24, 2.45) is 0 Å². The molecule has 6 aromatic rings. The van der Waals surface area contributed by atoms with Gasteiger partial charge < -0.3 is 14.7 Å². The van der Waals surface area contributed by atoms with Crippen LogP contribution in [0.5, 0.6) is 0 Å². The third-order valence-electron chi connectivity index (χ3n) is 15.0. The number of fused-ring (bicyclic) bond motifs is 7. The van der Waals surface area contributed by atoms with Crippen LogP contribution in [-0.2, 0) is 16.2 Å². The molecule has 3 aliphatic heterocycles. The van der Waals surface area contributed by atoms with Gasteiger partial charge in [0.25, 0.3) is 6.71 Å². The highest BCUT2D eigenvalue weighted by Gasteiger charge is 2.61. The fraction of sp³-hybridized carbons (Fsp3) is 0.345. The summed E-state index contributed by atoms with van der Waals surface area (Å²) in [7, 11) is 0. The third-order valence-corrected chi connectivity index (χ3v) is 15.0. The van der Waals surface area contributed by atoms with Gasteiger partial charge in [-0.05, 0) is 138 Å². The Bertz CT molecular complexity index is 2650. The molecule has 2 unspecified atom stereocenters. The van der Waals surface area contributed by atoms with Crippen LogP contribution >= 0.6 is 0 Å². The van der Waals surface area contributed by atoms with Crippen LogP contribution in [0.2, 0.25) is 0 Å². The van der Waals surface area contributed by atoms with Gasteiger partial charge in [-0.25, -0.2) is 0 Å². The van der Waals surface area contributed by atoms with Crippen molar-refractivity contribution in [3.05, 3.63) is 149 Å². The summed E-state index contributed by atoms with van der Waals surface area (Å²) in [5.74, 6) is 0. The fourth-order valence-electron chi connectivity index (χ4n) is 11.5. The van der Waals surface area contributed by atoms with Crippen LogP contribution in [0.25, 0.3) is 0 Å². The first kappa shape index (κ1) is 38.0. The lowest BCUT2D eigenvalue weighted by atomic mass is 9.33. The van der Waals surface area contributed by atoms with E-state index in [-0.39, 0.29) is 28.5 Å². The quantitative estimate of drug-likeness (QED) is 0.165. The van der Waals surface area contributed by atoms with E-state index in [4.69, 9.17) is 0 Å². The van der Waals surface area contributed by atoms with Gasteiger partial charge in [-0.15, -0.1) is 0 Å². The van der Waals surface area contributed by atoms with Gasteiger partial charge >= 0.3 is 0 Å². The summed E-state index contributed by atoms with van der Waals surface area (Å²) < 4.78 is 0. The summed E-state index contributed by atoms with van der Waals surface area (Å²) in [5, 5.41) is 0. The SMILES string of the molecule is Cc1cc2c3c(c1)C1(C)CCCCC1(C)N3c1cc(N(c3ccccc3C)c3ccccc3C)cc3c1B2c1ccc(C(C)(C)C)cc1N3c1cccc(C(C)(C)C)c1.